The predicted octanol–water partition coefficient (Wildman–Crippen LogP) is 3.73. The van der Waals surface area contributed by atoms with Crippen LogP contribution in [0.25, 0.3) is 0 Å². The average molecular weight is 345 g/mol. The van der Waals surface area contributed by atoms with Gasteiger partial charge in [0.1, 0.15) is 0 Å². The number of nitro benzene ring substituents is 1. The van der Waals surface area contributed by atoms with Crippen molar-refractivity contribution < 1.29 is 4.92 Å². The number of hydrogen-bond donors (Lipinski definition) is 1. The van der Waals surface area contributed by atoms with Crippen LogP contribution < -0.4 is 5.32 Å². The molecule has 1 aromatic rings. The van der Waals surface area contributed by atoms with Gasteiger partial charge < -0.3 is 5.32 Å². The molecule has 1 aliphatic heterocycles. The van der Waals surface area contributed by atoms with E-state index in [1.54, 1.807) is 12.1 Å². The molecule has 0 aromatic heterocycles. The monoisotopic (exact) mass is 344 g/mol. The van der Waals surface area contributed by atoms with Gasteiger partial charge in [0.05, 0.1) is 4.92 Å². The Bertz CT molecular complexity index is 450. The Balaban J connectivity index is 1.91. The second-order valence-corrected chi connectivity index (χ2v) is 6.97. The summed E-state index contributed by atoms with van der Waals surface area (Å²) in [6, 6.07) is 5.08. The summed E-state index contributed by atoms with van der Waals surface area (Å²) in [4.78, 5) is 10.6. The highest BCUT2D eigenvalue weighted by Crippen LogP contribution is 2.25. The van der Waals surface area contributed by atoms with Crippen LogP contribution in [0, 0.1) is 10.1 Å². The number of benzene rings is 1. The lowest BCUT2D eigenvalue weighted by molar-refractivity contribution is -0.385. The minimum atomic E-state index is -0.321. The highest BCUT2D eigenvalue weighted by molar-refractivity contribution is 9.10. The van der Waals surface area contributed by atoms with Gasteiger partial charge in [-0.25, -0.2) is 0 Å². The first kappa shape index (κ1) is 14.8. The quantitative estimate of drug-likeness (QED) is 0.653. The van der Waals surface area contributed by atoms with Gasteiger partial charge in [0.25, 0.3) is 5.69 Å². The van der Waals surface area contributed by atoms with Gasteiger partial charge in [-0.2, -0.15) is 11.8 Å². The van der Waals surface area contributed by atoms with Crippen LogP contribution in [0.2, 0.25) is 0 Å². The zero-order valence-corrected chi connectivity index (χ0v) is 13.0. The van der Waals surface area contributed by atoms with Crippen LogP contribution in [0.5, 0.6) is 0 Å². The zero-order valence-electron chi connectivity index (χ0n) is 10.6. The number of thioether (sulfide) groups is 1. The molecule has 1 aliphatic rings. The van der Waals surface area contributed by atoms with Crippen LogP contribution in [0.3, 0.4) is 0 Å². The molecule has 0 spiro atoms. The lowest BCUT2D eigenvalue weighted by Gasteiger charge is -2.21. The van der Waals surface area contributed by atoms with Crippen molar-refractivity contribution in [2.24, 2.45) is 0 Å². The van der Waals surface area contributed by atoms with Crippen molar-refractivity contribution >= 4 is 33.4 Å². The first-order valence-electron chi connectivity index (χ1n) is 6.42. The molecule has 0 radical (unpaired) electrons. The Hall–Kier alpha value is -0.590. The van der Waals surface area contributed by atoms with Gasteiger partial charge in [0, 0.05) is 34.4 Å². The summed E-state index contributed by atoms with van der Waals surface area (Å²) >= 11 is 5.37. The molecular formula is C13H17BrN2O2S. The number of nitro groups is 1. The van der Waals surface area contributed by atoms with Gasteiger partial charge in [0.2, 0.25) is 0 Å². The SMILES string of the molecule is O=[N+]([O-])c1ccc(Br)cc1CNCC1CCCCS1. The van der Waals surface area contributed by atoms with Gasteiger partial charge in [-0.1, -0.05) is 22.4 Å². The molecule has 0 amide bonds. The molecule has 0 saturated carbocycles. The first-order valence-corrected chi connectivity index (χ1v) is 8.26. The molecular weight excluding hydrogens is 328 g/mol. The van der Waals surface area contributed by atoms with Crippen molar-refractivity contribution in [2.45, 2.75) is 31.1 Å². The fourth-order valence-corrected chi connectivity index (χ4v) is 3.89. The van der Waals surface area contributed by atoms with Gasteiger partial charge in [0.15, 0.2) is 0 Å². The van der Waals surface area contributed by atoms with Crippen molar-refractivity contribution in [3.8, 4) is 0 Å². The Morgan fingerprint density at radius 1 is 1.47 bits per heavy atom. The fourth-order valence-electron chi connectivity index (χ4n) is 2.21. The van der Waals surface area contributed by atoms with Crippen molar-refractivity contribution in [3.05, 3.63) is 38.3 Å². The molecule has 1 fully saturated rings. The van der Waals surface area contributed by atoms with E-state index in [1.165, 1.54) is 25.0 Å². The number of halogens is 1. The third-order valence-corrected chi connectivity index (χ3v) is 5.09. The van der Waals surface area contributed by atoms with E-state index in [0.29, 0.717) is 11.8 Å². The van der Waals surface area contributed by atoms with Crippen molar-refractivity contribution in [3.63, 3.8) is 0 Å². The summed E-state index contributed by atoms with van der Waals surface area (Å²) in [5.74, 6) is 1.24. The maximum Gasteiger partial charge on any atom is 0.273 e. The second-order valence-electron chi connectivity index (χ2n) is 4.65. The Kier molecular flexibility index (Phi) is 5.66. The molecule has 2 rings (SSSR count). The van der Waals surface area contributed by atoms with E-state index >= 15 is 0 Å². The van der Waals surface area contributed by atoms with E-state index in [0.717, 1.165) is 16.6 Å². The Morgan fingerprint density at radius 3 is 3.00 bits per heavy atom. The minimum absolute atomic E-state index is 0.187. The average Bonchev–Trinajstić information content (AvgIpc) is 2.39. The van der Waals surface area contributed by atoms with Crippen LogP contribution in [-0.4, -0.2) is 22.5 Å². The minimum Gasteiger partial charge on any atom is -0.311 e. The van der Waals surface area contributed by atoms with Crippen molar-refractivity contribution in [1.82, 2.24) is 5.32 Å². The largest absolute Gasteiger partial charge is 0.311 e. The number of nitrogens with one attached hydrogen (secondary N) is 1. The molecule has 0 aliphatic carbocycles. The lowest BCUT2D eigenvalue weighted by Crippen LogP contribution is -2.26. The van der Waals surface area contributed by atoms with Crippen LogP contribution in [0.15, 0.2) is 22.7 Å². The predicted molar refractivity (Wildman–Crippen MR) is 82.6 cm³/mol. The van der Waals surface area contributed by atoms with E-state index in [9.17, 15) is 10.1 Å². The third kappa shape index (κ3) is 4.47. The molecule has 104 valence electrons. The molecule has 1 aromatic carbocycles. The third-order valence-electron chi connectivity index (χ3n) is 3.20. The molecule has 6 heteroatoms. The van der Waals surface area contributed by atoms with E-state index in [-0.39, 0.29) is 10.6 Å². The standard InChI is InChI=1S/C13H17BrN2O2S/c14-11-4-5-13(16(17)18)10(7-11)8-15-9-12-3-1-2-6-19-12/h4-5,7,12,15H,1-3,6,8-9H2. The van der Waals surface area contributed by atoms with Crippen LogP contribution in [-0.2, 0) is 6.54 Å². The molecule has 1 atom stereocenters. The maximum absolute atomic E-state index is 11.0. The fraction of sp³-hybridized carbons (Fsp3) is 0.538. The number of rotatable bonds is 5. The first-order chi connectivity index (χ1) is 9.16. The summed E-state index contributed by atoms with van der Waals surface area (Å²) in [6.07, 6.45) is 3.87. The van der Waals surface area contributed by atoms with Gasteiger partial charge >= 0.3 is 0 Å². The van der Waals surface area contributed by atoms with Crippen molar-refractivity contribution in [2.75, 3.05) is 12.3 Å². The van der Waals surface area contributed by atoms with E-state index in [4.69, 9.17) is 0 Å². The Labute approximate surface area is 125 Å². The normalized spacial score (nSPS) is 19.3. The molecule has 1 heterocycles. The highest BCUT2D eigenvalue weighted by Gasteiger charge is 2.16. The van der Waals surface area contributed by atoms with Gasteiger partial charge in [-0.3, -0.25) is 10.1 Å². The smallest absolute Gasteiger partial charge is 0.273 e. The Morgan fingerprint density at radius 2 is 2.32 bits per heavy atom. The maximum atomic E-state index is 11.0. The van der Waals surface area contributed by atoms with Crippen LogP contribution in [0.1, 0.15) is 24.8 Å². The lowest BCUT2D eigenvalue weighted by atomic mass is 10.1. The van der Waals surface area contributed by atoms with Crippen LogP contribution in [0.4, 0.5) is 5.69 Å². The summed E-state index contributed by atoms with van der Waals surface area (Å²) in [5, 5.41) is 15.0. The number of nitrogens with zero attached hydrogens (tertiary/aromatic N) is 1. The number of hydrogen-bond acceptors (Lipinski definition) is 4. The zero-order chi connectivity index (χ0) is 13.7. The van der Waals surface area contributed by atoms with Crippen LogP contribution >= 0.6 is 27.7 Å². The van der Waals surface area contributed by atoms with E-state index in [1.807, 2.05) is 17.8 Å². The summed E-state index contributed by atoms with van der Waals surface area (Å²) in [6.45, 7) is 1.47. The topological polar surface area (TPSA) is 55.2 Å². The molecule has 4 nitrogen and oxygen atoms in total. The van der Waals surface area contributed by atoms with E-state index < -0.39 is 0 Å². The molecule has 19 heavy (non-hydrogen) atoms. The highest BCUT2D eigenvalue weighted by atomic mass is 79.9. The summed E-state index contributed by atoms with van der Waals surface area (Å²) < 4.78 is 0.877. The van der Waals surface area contributed by atoms with Crippen molar-refractivity contribution in [1.29, 1.82) is 0 Å². The molecule has 1 N–H and O–H groups in total. The molecule has 1 unspecified atom stereocenters. The second kappa shape index (κ2) is 7.26. The summed E-state index contributed by atoms with van der Waals surface area (Å²) in [7, 11) is 0. The van der Waals surface area contributed by atoms with Gasteiger partial charge in [-0.15, -0.1) is 0 Å². The summed E-state index contributed by atoms with van der Waals surface area (Å²) in [5.41, 5.74) is 0.923. The molecule has 1 saturated heterocycles. The van der Waals surface area contributed by atoms with Gasteiger partial charge in [-0.05, 0) is 30.7 Å². The molecule has 0 bridgehead atoms. The van der Waals surface area contributed by atoms with E-state index in [2.05, 4.69) is 21.2 Å².